The largest absolute Gasteiger partial charge is 0.463 e. The molecule has 6 aromatic rings. The molecule has 1 atom stereocenters. The van der Waals surface area contributed by atoms with Crippen molar-refractivity contribution in [3.63, 3.8) is 0 Å². The zero-order chi connectivity index (χ0) is 33.4. The van der Waals surface area contributed by atoms with Gasteiger partial charge in [-0.1, -0.05) is 118 Å². The molecule has 8 heteroatoms. The van der Waals surface area contributed by atoms with E-state index < -0.39 is 12.0 Å². The standard InChI is InChI=1S/C40H32BrN3O3S/c1-4-47-39(46)35-26(3)42-40-44(37(35)29-17-15-25(2)16-18-29)38(45)34(48-40)24-30-23-33(27-11-7-5-8-12-27)43(32-21-19-31(41)20-22-32)36(30)28-13-9-6-10-14-28/h5-24,37H,4H2,1-3H3. The molecule has 4 aromatic carbocycles. The number of benzene rings is 4. The van der Waals surface area contributed by atoms with Gasteiger partial charge in [-0.25, -0.2) is 9.79 Å². The van der Waals surface area contributed by atoms with E-state index >= 15 is 0 Å². The monoisotopic (exact) mass is 713 g/mol. The third-order valence-electron chi connectivity index (χ3n) is 8.43. The van der Waals surface area contributed by atoms with E-state index in [0.29, 0.717) is 20.6 Å². The van der Waals surface area contributed by atoms with E-state index in [2.05, 4.69) is 63.0 Å². The molecule has 0 saturated heterocycles. The molecule has 3 heterocycles. The van der Waals surface area contributed by atoms with Crippen LogP contribution in [0.1, 0.15) is 36.6 Å². The van der Waals surface area contributed by atoms with Crippen molar-refractivity contribution in [3.05, 3.63) is 167 Å². The Morgan fingerprint density at radius 1 is 0.896 bits per heavy atom. The summed E-state index contributed by atoms with van der Waals surface area (Å²) < 4.78 is 10.9. The van der Waals surface area contributed by atoms with Gasteiger partial charge in [0, 0.05) is 15.7 Å². The SMILES string of the molecule is CCOC(=O)C1=C(C)N=c2sc(=Cc3cc(-c4ccccc4)n(-c4ccc(Br)cc4)c3-c3ccccc3)c(=O)n2C1c1ccc(C)cc1. The Morgan fingerprint density at radius 3 is 2.19 bits per heavy atom. The number of hydrogen-bond donors (Lipinski definition) is 0. The lowest BCUT2D eigenvalue weighted by molar-refractivity contribution is -0.139. The molecule has 7 rings (SSSR count). The Labute approximate surface area is 290 Å². The van der Waals surface area contributed by atoms with E-state index in [-0.39, 0.29) is 12.2 Å². The van der Waals surface area contributed by atoms with Crippen LogP contribution >= 0.6 is 27.3 Å². The van der Waals surface area contributed by atoms with Crippen LogP contribution in [-0.4, -0.2) is 21.7 Å². The lowest BCUT2D eigenvalue weighted by Gasteiger charge is -2.24. The van der Waals surface area contributed by atoms with Crippen LogP contribution in [0.5, 0.6) is 0 Å². The summed E-state index contributed by atoms with van der Waals surface area (Å²) in [6.45, 7) is 5.82. The van der Waals surface area contributed by atoms with Crippen molar-refractivity contribution >= 4 is 39.3 Å². The maximum atomic E-state index is 14.5. The molecule has 0 radical (unpaired) electrons. The quantitative estimate of drug-likeness (QED) is 0.158. The molecular formula is C40H32BrN3O3S. The third-order valence-corrected chi connectivity index (χ3v) is 9.94. The van der Waals surface area contributed by atoms with Crippen molar-refractivity contribution in [1.82, 2.24) is 9.13 Å². The molecule has 2 aromatic heterocycles. The van der Waals surface area contributed by atoms with E-state index in [0.717, 1.165) is 49.4 Å². The molecule has 1 aliphatic heterocycles. The summed E-state index contributed by atoms with van der Waals surface area (Å²) in [7, 11) is 0. The van der Waals surface area contributed by atoms with Crippen LogP contribution < -0.4 is 14.9 Å². The van der Waals surface area contributed by atoms with E-state index in [9.17, 15) is 9.59 Å². The number of thiazole rings is 1. The van der Waals surface area contributed by atoms with E-state index in [4.69, 9.17) is 9.73 Å². The lowest BCUT2D eigenvalue weighted by Crippen LogP contribution is -2.39. The van der Waals surface area contributed by atoms with E-state index in [1.807, 2.05) is 92.7 Å². The van der Waals surface area contributed by atoms with Crippen molar-refractivity contribution in [1.29, 1.82) is 0 Å². The Bertz CT molecular complexity index is 2350. The van der Waals surface area contributed by atoms with Crippen LogP contribution in [0.4, 0.5) is 0 Å². The first-order valence-electron chi connectivity index (χ1n) is 15.7. The van der Waals surface area contributed by atoms with Crippen LogP contribution in [0.15, 0.2) is 141 Å². The molecule has 0 aliphatic carbocycles. The van der Waals surface area contributed by atoms with Gasteiger partial charge in [-0.05, 0) is 73.9 Å². The first-order valence-corrected chi connectivity index (χ1v) is 17.3. The lowest BCUT2D eigenvalue weighted by atomic mass is 9.95. The highest BCUT2D eigenvalue weighted by molar-refractivity contribution is 9.10. The molecule has 0 fully saturated rings. The van der Waals surface area contributed by atoms with Gasteiger partial charge in [0.05, 0.1) is 39.8 Å². The van der Waals surface area contributed by atoms with Gasteiger partial charge in [0.2, 0.25) is 0 Å². The molecule has 1 unspecified atom stereocenters. The van der Waals surface area contributed by atoms with Crippen molar-refractivity contribution in [2.24, 2.45) is 4.99 Å². The number of halogens is 1. The molecule has 6 nitrogen and oxygen atoms in total. The number of aromatic nitrogens is 2. The average molecular weight is 715 g/mol. The predicted molar refractivity (Wildman–Crippen MR) is 196 cm³/mol. The topological polar surface area (TPSA) is 65.6 Å². The Hall–Kier alpha value is -5.05. The minimum Gasteiger partial charge on any atom is -0.463 e. The number of rotatable bonds is 7. The van der Waals surface area contributed by atoms with Gasteiger partial charge in [0.1, 0.15) is 0 Å². The highest BCUT2D eigenvalue weighted by Crippen LogP contribution is 2.37. The summed E-state index contributed by atoms with van der Waals surface area (Å²) in [6.07, 6.45) is 1.96. The van der Waals surface area contributed by atoms with Crippen molar-refractivity contribution in [2.75, 3.05) is 6.61 Å². The van der Waals surface area contributed by atoms with Gasteiger partial charge in [0.15, 0.2) is 4.80 Å². The zero-order valence-electron chi connectivity index (χ0n) is 26.7. The minimum absolute atomic E-state index is 0.213. The highest BCUT2D eigenvalue weighted by Gasteiger charge is 2.33. The van der Waals surface area contributed by atoms with Gasteiger partial charge in [0.25, 0.3) is 5.56 Å². The molecular weight excluding hydrogens is 682 g/mol. The summed E-state index contributed by atoms with van der Waals surface area (Å²) in [5.74, 6) is -0.468. The molecule has 0 amide bonds. The van der Waals surface area contributed by atoms with Crippen LogP contribution in [0.2, 0.25) is 0 Å². The fourth-order valence-electron chi connectivity index (χ4n) is 6.21. The molecule has 1 aliphatic rings. The number of esters is 1. The average Bonchev–Trinajstić information content (AvgIpc) is 3.62. The van der Waals surface area contributed by atoms with E-state index in [1.165, 1.54) is 11.3 Å². The minimum atomic E-state index is -0.663. The molecule has 238 valence electrons. The van der Waals surface area contributed by atoms with Gasteiger partial charge < -0.3 is 9.30 Å². The number of carbonyl (C=O) groups is 1. The number of ether oxygens (including phenoxy) is 1. The first kappa shape index (κ1) is 31.5. The van der Waals surface area contributed by atoms with Crippen LogP contribution in [-0.2, 0) is 9.53 Å². The van der Waals surface area contributed by atoms with Gasteiger partial charge in [-0.15, -0.1) is 0 Å². The molecule has 48 heavy (non-hydrogen) atoms. The fraction of sp³-hybridized carbons (Fsp3) is 0.125. The number of aryl methyl sites for hydroxylation is 1. The van der Waals surface area contributed by atoms with E-state index in [1.54, 1.807) is 11.5 Å². The fourth-order valence-corrected chi connectivity index (χ4v) is 7.51. The van der Waals surface area contributed by atoms with Crippen LogP contribution in [0.3, 0.4) is 0 Å². The Morgan fingerprint density at radius 2 is 1.54 bits per heavy atom. The van der Waals surface area contributed by atoms with Gasteiger partial charge in [-0.3, -0.25) is 9.36 Å². The zero-order valence-corrected chi connectivity index (χ0v) is 29.1. The number of nitrogens with zero attached hydrogens (tertiary/aromatic N) is 3. The second kappa shape index (κ2) is 13.2. The summed E-state index contributed by atoms with van der Waals surface area (Å²) in [4.78, 5) is 33.2. The predicted octanol–water partition coefficient (Wildman–Crippen LogP) is 7.99. The molecule has 0 bridgehead atoms. The first-order chi connectivity index (χ1) is 23.3. The number of hydrogen-bond acceptors (Lipinski definition) is 5. The molecule has 0 N–H and O–H groups in total. The Kier molecular flexibility index (Phi) is 8.69. The summed E-state index contributed by atoms with van der Waals surface area (Å²) >= 11 is 4.92. The number of carbonyl (C=O) groups excluding carboxylic acids is 1. The number of allylic oxidation sites excluding steroid dienone is 1. The molecule has 0 spiro atoms. The molecule has 0 saturated carbocycles. The second-order valence-electron chi connectivity index (χ2n) is 11.6. The summed E-state index contributed by atoms with van der Waals surface area (Å²) in [5.41, 5.74) is 8.51. The summed E-state index contributed by atoms with van der Waals surface area (Å²) in [6, 6.07) is 38.1. The smallest absolute Gasteiger partial charge is 0.338 e. The van der Waals surface area contributed by atoms with Crippen molar-refractivity contribution in [3.8, 4) is 28.2 Å². The summed E-state index contributed by atoms with van der Waals surface area (Å²) in [5, 5.41) is 0. The normalized spacial score (nSPS) is 14.5. The Balaban J connectivity index is 1.51. The highest BCUT2D eigenvalue weighted by atomic mass is 79.9. The van der Waals surface area contributed by atoms with Crippen molar-refractivity contribution in [2.45, 2.75) is 26.8 Å². The van der Waals surface area contributed by atoms with Gasteiger partial charge >= 0.3 is 5.97 Å². The second-order valence-corrected chi connectivity index (χ2v) is 13.5. The van der Waals surface area contributed by atoms with Crippen LogP contribution in [0, 0.1) is 6.92 Å². The van der Waals surface area contributed by atoms with Gasteiger partial charge in [-0.2, -0.15) is 0 Å². The van der Waals surface area contributed by atoms with Crippen LogP contribution in [0.25, 0.3) is 34.3 Å². The van der Waals surface area contributed by atoms with Crippen molar-refractivity contribution < 1.29 is 9.53 Å². The maximum absolute atomic E-state index is 14.5. The third kappa shape index (κ3) is 5.82. The maximum Gasteiger partial charge on any atom is 0.338 e. The number of fused-ring (bicyclic) bond motifs is 1.